The summed E-state index contributed by atoms with van der Waals surface area (Å²) < 4.78 is 9.81. The lowest BCUT2D eigenvalue weighted by molar-refractivity contribution is -0.143. The van der Waals surface area contributed by atoms with E-state index in [0.717, 1.165) is 175 Å². The summed E-state index contributed by atoms with van der Waals surface area (Å²) in [7, 11) is 0. The van der Waals surface area contributed by atoms with E-state index in [1.807, 2.05) is 54.5 Å². The van der Waals surface area contributed by atoms with Gasteiger partial charge in [-0.2, -0.15) is 4.98 Å². The van der Waals surface area contributed by atoms with Gasteiger partial charge < -0.3 is 29.9 Å². The van der Waals surface area contributed by atoms with E-state index in [9.17, 15) is 14.7 Å². The maximum atomic E-state index is 15.2. The molecule has 2 saturated carbocycles. The van der Waals surface area contributed by atoms with Gasteiger partial charge in [-0.05, 0) is 175 Å². The SMILES string of the molecule is Cc1ncsc1-c1ccc([C@H](C)NC(=O)[C@@H]2C[C@@H](O)CN2C(=O)[C@H](C2CCN(C3CCOCC3)CC2)n2cc(C3CCC(CN4CCC(c5ccc6c(c5)-n5c(nc(=O)c7c(Cl)cccc75)C65CCCCC5)CC4)CC3)nn2)cc1. The Morgan fingerprint density at radius 2 is 1.66 bits per heavy atom. The second-order valence-electron chi connectivity index (χ2n) is 24.7. The van der Waals surface area contributed by atoms with E-state index in [-0.39, 0.29) is 53.6 Å². The van der Waals surface area contributed by atoms with Crippen molar-refractivity contribution in [2.45, 2.75) is 164 Å². The Hall–Kier alpha value is -5.36. The van der Waals surface area contributed by atoms with Crippen molar-refractivity contribution in [3.63, 3.8) is 0 Å². The molecule has 2 aliphatic carbocycles. The van der Waals surface area contributed by atoms with Crippen molar-refractivity contribution < 1.29 is 19.4 Å². The minimum atomic E-state index is -0.803. The third-order valence-electron chi connectivity index (χ3n) is 20.1. The van der Waals surface area contributed by atoms with Crippen LogP contribution in [0.5, 0.6) is 0 Å². The number of halogens is 1. The van der Waals surface area contributed by atoms with E-state index in [1.54, 1.807) is 22.3 Å². The Bertz CT molecular complexity index is 3270. The molecule has 4 saturated heterocycles. The Morgan fingerprint density at radius 1 is 0.900 bits per heavy atom. The smallest absolute Gasteiger partial charge is 0.282 e. The van der Waals surface area contributed by atoms with Crippen LogP contribution in [-0.4, -0.2) is 132 Å². The predicted octanol–water partition coefficient (Wildman–Crippen LogP) is 10.1. The van der Waals surface area contributed by atoms with Gasteiger partial charge in [0.1, 0.15) is 17.9 Å². The summed E-state index contributed by atoms with van der Waals surface area (Å²) in [4.78, 5) is 60.3. The number of ether oxygens (including phenoxy) is 1. The Balaban J connectivity index is 0.658. The number of carbonyl (C=O) groups is 2. The third kappa shape index (κ3) is 10.3. The number of β-amino-alcohol motifs (C(OH)–C–C–N with tert-alkyl or cyclic N) is 1. The molecule has 422 valence electrons. The number of carbonyl (C=O) groups excluding carboxylic acids is 2. The molecule has 17 heteroatoms. The molecule has 3 aromatic carbocycles. The maximum absolute atomic E-state index is 15.2. The second-order valence-corrected chi connectivity index (χ2v) is 26.0. The standard InChI is InChI=1S/C63H77ClN10O5S/c1-39(42-13-15-46(16-14-42)58-40(2)65-38-80-58)66-59(76)55-34-49(75)36-72(55)61(78)57(45-21-29-71(30-22-45)48-23-31-79-32-24-48)73-37-52(68-69-73)44-11-9-41(10-12-44)35-70-27-19-43(20-28-70)47-17-18-50-54(33-47)74-53-8-6-7-51(64)56(53)60(77)67-62(74)63(50)25-4-3-5-26-63/h6-8,13-18,33,37-39,41,43-45,48-49,55,57,75H,3-5,9-12,19-32,34-36H2,1-2H3,(H,66,76)/t39-,41?,44?,49+,55-,57-/m0/s1. The number of rotatable bonds is 12. The first-order chi connectivity index (χ1) is 39.0. The fourth-order valence-corrected chi connectivity index (χ4v) is 16.6. The van der Waals surface area contributed by atoms with Crippen molar-refractivity contribution in [1.29, 1.82) is 0 Å². The van der Waals surface area contributed by atoms with Crippen molar-refractivity contribution in [3.8, 4) is 16.1 Å². The highest BCUT2D eigenvalue weighted by Gasteiger charge is 2.48. The van der Waals surface area contributed by atoms with Gasteiger partial charge in [-0.1, -0.05) is 78.5 Å². The number of hydrogen-bond acceptors (Lipinski definition) is 12. The summed E-state index contributed by atoms with van der Waals surface area (Å²) in [6.07, 6.45) is 17.2. The van der Waals surface area contributed by atoms with E-state index in [2.05, 4.69) is 55.0 Å². The third-order valence-corrected chi connectivity index (χ3v) is 21.3. The number of aryl methyl sites for hydroxylation is 1. The lowest BCUT2D eigenvalue weighted by atomic mass is 9.69. The predicted molar refractivity (Wildman–Crippen MR) is 311 cm³/mol. The highest BCUT2D eigenvalue weighted by molar-refractivity contribution is 7.13. The van der Waals surface area contributed by atoms with Gasteiger partial charge in [-0.3, -0.25) is 19.0 Å². The first-order valence-corrected chi connectivity index (χ1v) is 31.4. The van der Waals surface area contributed by atoms with E-state index in [4.69, 9.17) is 31.6 Å². The van der Waals surface area contributed by atoms with Crippen LogP contribution in [0.1, 0.15) is 167 Å². The molecule has 80 heavy (non-hydrogen) atoms. The number of likely N-dealkylation sites (tertiary alicyclic amines) is 3. The van der Waals surface area contributed by atoms with Crippen molar-refractivity contribution in [2.75, 3.05) is 52.5 Å². The molecule has 4 atom stereocenters. The van der Waals surface area contributed by atoms with Crippen molar-refractivity contribution >= 4 is 45.7 Å². The monoisotopic (exact) mass is 1120 g/mol. The number of aromatic nitrogens is 6. The second kappa shape index (κ2) is 22.8. The van der Waals surface area contributed by atoms with Crippen LogP contribution in [0.25, 0.3) is 27.0 Å². The van der Waals surface area contributed by atoms with Crippen LogP contribution in [0.2, 0.25) is 5.02 Å². The molecule has 0 unspecified atom stereocenters. The minimum Gasteiger partial charge on any atom is -0.391 e. The Morgan fingerprint density at radius 3 is 2.40 bits per heavy atom. The van der Waals surface area contributed by atoms with Crippen LogP contribution in [0.4, 0.5) is 0 Å². The number of benzene rings is 3. The van der Waals surface area contributed by atoms with Crippen LogP contribution in [-0.2, 0) is 19.7 Å². The highest BCUT2D eigenvalue weighted by atomic mass is 35.5. The molecule has 15 nitrogen and oxygen atoms in total. The molecule has 3 aromatic heterocycles. The normalized spacial score (nSPS) is 25.0. The number of aliphatic hydroxyl groups excluding tert-OH is 1. The van der Waals surface area contributed by atoms with Crippen LogP contribution in [0, 0.1) is 18.8 Å². The summed E-state index contributed by atoms with van der Waals surface area (Å²) in [5, 5.41) is 24.9. The molecular formula is C63H77ClN10O5S. The van der Waals surface area contributed by atoms with E-state index in [0.29, 0.717) is 28.3 Å². The maximum Gasteiger partial charge on any atom is 0.282 e. The zero-order chi connectivity index (χ0) is 54.6. The largest absolute Gasteiger partial charge is 0.391 e. The van der Waals surface area contributed by atoms with Crippen molar-refractivity contribution in [2.24, 2.45) is 11.8 Å². The molecule has 7 aliphatic rings. The number of nitrogens with zero attached hydrogens (tertiary/aromatic N) is 9. The summed E-state index contributed by atoms with van der Waals surface area (Å²) in [6.45, 7) is 10.7. The molecule has 6 fully saturated rings. The van der Waals surface area contributed by atoms with Crippen molar-refractivity contribution in [3.05, 3.63) is 122 Å². The first-order valence-electron chi connectivity index (χ1n) is 30.1. The lowest BCUT2D eigenvalue weighted by Crippen LogP contribution is -2.51. The number of hydrogen-bond donors (Lipinski definition) is 2. The molecule has 1 spiro atoms. The van der Waals surface area contributed by atoms with Crippen LogP contribution >= 0.6 is 22.9 Å². The van der Waals surface area contributed by atoms with Crippen LogP contribution in [0.3, 0.4) is 0 Å². The number of aliphatic hydroxyl groups is 1. The highest BCUT2D eigenvalue weighted by Crippen LogP contribution is 2.52. The van der Waals surface area contributed by atoms with Gasteiger partial charge in [-0.25, -0.2) is 9.67 Å². The lowest BCUT2D eigenvalue weighted by Gasteiger charge is -2.41. The van der Waals surface area contributed by atoms with Gasteiger partial charge in [0, 0.05) is 50.9 Å². The van der Waals surface area contributed by atoms with E-state index >= 15 is 4.79 Å². The minimum absolute atomic E-state index is 0.00601. The number of fused-ring (bicyclic) bond motifs is 7. The number of piperidine rings is 2. The molecule has 13 rings (SSSR count). The van der Waals surface area contributed by atoms with Gasteiger partial charge in [-0.15, -0.1) is 16.4 Å². The van der Waals surface area contributed by atoms with Gasteiger partial charge in [0.05, 0.1) is 60.9 Å². The first kappa shape index (κ1) is 53.9. The van der Waals surface area contributed by atoms with Gasteiger partial charge in [0.25, 0.3) is 5.56 Å². The fraction of sp³-hybridized carbons (Fsp3) is 0.571. The van der Waals surface area contributed by atoms with E-state index in [1.165, 1.54) is 23.2 Å². The summed E-state index contributed by atoms with van der Waals surface area (Å²) in [5.41, 5.74) is 10.1. The average Bonchev–Trinajstić information content (AvgIpc) is 4.35. The fourth-order valence-electron chi connectivity index (χ4n) is 15.6. The molecule has 2 amide bonds. The van der Waals surface area contributed by atoms with Crippen molar-refractivity contribution in [1.82, 2.24) is 49.5 Å². The molecule has 2 N–H and O–H groups in total. The molecular weight excluding hydrogens is 1040 g/mol. The zero-order valence-electron chi connectivity index (χ0n) is 46.5. The van der Waals surface area contributed by atoms with Gasteiger partial charge in [0.15, 0.2) is 0 Å². The Labute approximate surface area is 478 Å². The molecule has 5 aliphatic heterocycles. The zero-order valence-corrected chi connectivity index (χ0v) is 48.1. The topological polar surface area (TPSA) is 164 Å². The van der Waals surface area contributed by atoms with Gasteiger partial charge >= 0.3 is 0 Å². The molecule has 0 bridgehead atoms. The van der Waals surface area contributed by atoms with Crippen LogP contribution in [0.15, 0.2) is 77.2 Å². The average molecular weight is 1120 g/mol. The van der Waals surface area contributed by atoms with Gasteiger partial charge in [0.2, 0.25) is 11.8 Å². The summed E-state index contributed by atoms with van der Waals surface area (Å²) in [6, 6.07) is 19.9. The molecule has 6 aromatic rings. The number of thiazole rings is 1. The van der Waals surface area contributed by atoms with Crippen LogP contribution < -0.4 is 10.9 Å². The molecule has 0 radical (unpaired) electrons. The number of nitrogens with one attached hydrogen (secondary N) is 1. The molecule has 8 heterocycles. The van der Waals surface area contributed by atoms with E-state index < -0.39 is 18.2 Å². The number of amides is 2. The summed E-state index contributed by atoms with van der Waals surface area (Å²) >= 11 is 8.29. The quantitative estimate of drug-likeness (QED) is 0.120. The summed E-state index contributed by atoms with van der Waals surface area (Å²) in [5.74, 6) is 1.85. The Kier molecular flexibility index (Phi) is 15.3.